The van der Waals surface area contributed by atoms with E-state index < -0.39 is 36.4 Å². The van der Waals surface area contributed by atoms with Crippen molar-refractivity contribution in [2.75, 3.05) is 13.7 Å². The van der Waals surface area contributed by atoms with Gasteiger partial charge in [-0.05, 0) is 61.6 Å². The summed E-state index contributed by atoms with van der Waals surface area (Å²) in [6, 6.07) is 25.2. The molecule has 0 aliphatic carbocycles. The molecule has 39 heavy (non-hydrogen) atoms. The number of carbonyl (C=O) groups is 2. The van der Waals surface area contributed by atoms with Gasteiger partial charge >= 0.3 is 6.16 Å². The third-order valence-corrected chi connectivity index (χ3v) is 7.06. The van der Waals surface area contributed by atoms with Crippen LogP contribution in [0.2, 0.25) is 0 Å². The van der Waals surface area contributed by atoms with E-state index in [9.17, 15) is 9.59 Å². The highest BCUT2D eigenvalue weighted by Gasteiger charge is 2.58. The Labute approximate surface area is 228 Å². The van der Waals surface area contributed by atoms with E-state index >= 15 is 0 Å². The maximum absolute atomic E-state index is 13.4. The average Bonchev–Trinajstić information content (AvgIpc) is 3.33. The Bertz CT molecular complexity index is 1290. The van der Waals surface area contributed by atoms with Crippen LogP contribution in [0.15, 0.2) is 78.9 Å². The molecule has 2 aliphatic heterocycles. The number of hydrogen-bond acceptors (Lipinski definition) is 7. The van der Waals surface area contributed by atoms with E-state index in [1.165, 1.54) is 12.7 Å². The van der Waals surface area contributed by atoms with Crippen molar-refractivity contribution in [1.82, 2.24) is 5.32 Å². The second-order valence-corrected chi connectivity index (χ2v) is 10.2. The lowest BCUT2D eigenvalue weighted by Crippen LogP contribution is -2.62. The Morgan fingerprint density at radius 1 is 0.949 bits per heavy atom. The predicted molar refractivity (Wildman–Crippen MR) is 144 cm³/mol. The summed E-state index contributed by atoms with van der Waals surface area (Å²) in [5.41, 5.74) is 2.57. The fourth-order valence-corrected chi connectivity index (χ4v) is 5.19. The van der Waals surface area contributed by atoms with Gasteiger partial charge in [-0.3, -0.25) is 4.79 Å². The lowest BCUT2D eigenvalue weighted by molar-refractivity contribution is -0.282. The smallest absolute Gasteiger partial charge is 0.461 e. The Morgan fingerprint density at radius 3 is 2.36 bits per heavy atom. The first kappa shape index (κ1) is 26.7. The summed E-state index contributed by atoms with van der Waals surface area (Å²) in [7, 11) is 1.53. The molecule has 0 spiro atoms. The minimum atomic E-state index is -0.952. The molecule has 0 bridgehead atoms. The van der Waals surface area contributed by atoms with Gasteiger partial charge in [0.1, 0.15) is 11.9 Å². The quantitative estimate of drug-likeness (QED) is 0.302. The lowest BCUT2D eigenvalue weighted by atomic mass is 9.89. The van der Waals surface area contributed by atoms with Crippen LogP contribution in [0.3, 0.4) is 0 Å². The van der Waals surface area contributed by atoms with Gasteiger partial charge in [0.2, 0.25) is 12.4 Å². The molecule has 5 rings (SSSR count). The molecule has 3 aromatic rings. The first-order valence-corrected chi connectivity index (χ1v) is 13.1. The van der Waals surface area contributed by atoms with Crippen molar-refractivity contribution in [2.24, 2.45) is 0 Å². The van der Waals surface area contributed by atoms with Gasteiger partial charge in [0, 0.05) is 13.7 Å². The molecule has 0 saturated carbocycles. The van der Waals surface area contributed by atoms with Gasteiger partial charge in [0.05, 0.1) is 11.2 Å². The fraction of sp³-hybridized carbons (Fsp3) is 0.355. The molecule has 8 nitrogen and oxygen atoms in total. The highest BCUT2D eigenvalue weighted by molar-refractivity contribution is 6.01. The summed E-state index contributed by atoms with van der Waals surface area (Å²) < 4.78 is 28.7. The zero-order valence-electron chi connectivity index (χ0n) is 22.3. The molecule has 2 fully saturated rings. The van der Waals surface area contributed by atoms with Crippen molar-refractivity contribution in [3.8, 4) is 16.9 Å². The maximum Gasteiger partial charge on any atom is 0.509 e. The standard InChI is InChI=1S/C31H33NO7/c1-31(2)27(35-3)25-26(38-30(34)37-25)29(39-31)36-22-16-17-23(21-14-8-5-9-15-21)24(19-22)28(33)32-18-10-13-20-11-6-4-7-12-20/h4-9,11-12,14-17,19,25-27,29H,10,13,18H2,1-3H3,(H,32,33)/t25-,26+,27+,29+/m0/s1. The van der Waals surface area contributed by atoms with Crippen LogP contribution in [0, 0.1) is 0 Å². The van der Waals surface area contributed by atoms with Crippen LogP contribution in [0.4, 0.5) is 4.79 Å². The number of carbonyl (C=O) groups excluding carboxylic acids is 2. The fourth-order valence-electron chi connectivity index (χ4n) is 5.19. The van der Waals surface area contributed by atoms with E-state index in [4.69, 9.17) is 23.7 Å². The average molecular weight is 532 g/mol. The van der Waals surface area contributed by atoms with E-state index in [0.29, 0.717) is 17.9 Å². The van der Waals surface area contributed by atoms with E-state index in [0.717, 1.165) is 24.0 Å². The Balaban J connectivity index is 1.36. The normalized spacial score (nSPS) is 23.3. The van der Waals surface area contributed by atoms with Crippen LogP contribution >= 0.6 is 0 Å². The van der Waals surface area contributed by atoms with Crippen molar-refractivity contribution in [2.45, 2.75) is 56.9 Å². The Morgan fingerprint density at radius 2 is 1.64 bits per heavy atom. The molecule has 1 amide bonds. The lowest BCUT2D eigenvalue weighted by Gasteiger charge is -2.45. The monoisotopic (exact) mass is 531 g/mol. The minimum Gasteiger partial charge on any atom is -0.461 e. The van der Waals surface area contributed by atoms with Crippen molar-refractivity contribution in [1.29, 1.82) is 0 Å². The van der Waals surface area contributed by atoms with E-state index in [1.54, 1.807) is 12.1 Å². The number of amides is 1. The van der Waals surface area contributed by atoms with Crippen molar-refractivity contribution in [3.63, 3.8) is 0 Å². The predicted octanol–water partition coefficient (Wildman–Crippen LogP) is 5.15. The number of benzene rings is 3. The second kappa shape index (κ2) is 11.5. The number of ether oxygens (including phenoxy) is 5. The van der Waals surface area contributed by atoms with E-state index in [1.807, 2.05) is 68.4 Å². The first-order chi connectivity index (χ1) is 18.9. The highest BCUT2D eigenvalue weighted by Crippen LogP contribution is 2.39. The topological polar surface area (TPSA) is 92.3 Å². The zero-order valence-corrected chi connectivity index (χ0v) is 22.3. The maximum atomic E-state index is 13.4. The van der Waals surface area contributed by atoms with Gasteiger partial charge in [0.15, 0.2) is 6.10 Å². The molecule has 0 radical (unpaired) electrons. The molecule has 1 N–H and O–H groups in total. The molecule has 2 aliphatic rings. The van der Waals surface area contributed by atoms with Gasteiger partial charge < -0.3 is 29.0 Å². The van der Waals surface area contributed by atoms with Gasteiger partial charge in [-0.2, -0.15) is 0 Å². The molecule has 4 atom stereocenters. The summed E-state index contributed by atoms with van der Waals surface area (Å²) in [5.74, 6) is 0.202. The number of rotatable bonds is 9. The molecule has 0 aromatic heterocycles. The third kappa shape index (κ3) is 5.92. The van der Waals surface area contributed by atoms with E-state index in [-0.39, 0.29) is 5.91 Å². The summed E-state index contributed by atoms with van der Waals surface area (Å²) in [4.78, 5) is 25.4. The Hall–Kier alpha value is -3.88. The molecule has 204 valence electrons. The number of fused-ring (bicyclic) bond motifs is 1. The summed E-state index contributed by atoms with van der Waals surface area (Å²) >= 11 is 0. The summed E-state index contributed by atoms with van der Waals surface area (Å²) in [6.45, 7) is 4.21. The zero-order chi connectivity index (χ0) is 27.4. The van der Waals surface area contributed by atoms with Crippen molar-refractivity contribution >= 4 is 12.1 Å². The van der Waals surface area contributed by atoms with Gasteiger partial charge in [-0.15, -0.1) is 0 Å². The number of nitrogens with one attached hydrogen (secondary N) is 1. The summed E-state index contributed by atoms with van der Waals surface area (Å²) in [6.07, 6.45) is -2.11. The molecule has 0 unspecified atom stereocenters. The number of hydrogen-bond donors (Lipinski definition) is 1. The van der Waals surface area contributed by atoms with Crippen LogP contribution in [0.5, 0.6) is 5.75 Å². The SMILES string of the molecule is CO[C@@H]1[C@H]2OC(=O)O[C@H]2[C@H](Oc2ccc(-c3ccccc3)c(C(=O)NCCCc3ccccc3)c2)OC1(C)C. The number of aryl methyl sites for hydroxylation is 1. The van der Waals surface area contributed by atoms with Gasteiger partial charge in [-0.1, -0.05) is 60.7 Å². The van der Waals surface area contributed by atoms with Crippen LogP contribution in [0.25, 0.3) is 11.1 Å². The van der Waals surface area contributed by atoms with Gasteiger partial charge in [-0.25, -0.2) is 4.79 Å². The Kier molecular flexibility index (Phi) is 7.86. The van der Waals surface area contributed by atoms with E-state index in [2.05, 4.69) is 17.4 Å². The second-order valence-electron chi connectivity index (χ2n) is 10.2. The number of methoxy groups -OCH3 is 1. The first-order valence-electron chi connectivity index (χ1n) is 13.1. The molecule has 2 saturated heterocycles. The van der Waals surface area contributed by atoms with Crippen molar-refractivity contribution < 1.29 is 33.3 Å². The molecular formula is C31H33NO7. The highest BCUT2D eigenvalue weighted by atomic mass is 16.8. The van der Waals surface area contributed by atoms with Crippen LogP contribution < -0.4 is 10.1 Å². The molecule has 3 aromatic carbocycles. The van der Waals surface area contributed by atoms with Gasteiger partial charge in [0.25, 0.3) is 5.91 Å². The third-order valence-electron chi connectivity index (χ3n) is 7.06. The van der Waals surface area contributed by atoms with Crippen molar-refractivity contribution in [3.05, 3.63) is 90.0 Å². The summed E-state index contributed by atoms with van der Waals surface area (Å²) in [5, 5.41) is 3.05. The van der Waals surface area contributed by atoms with Crippen LogP contribution in [-0.4, -0.2) is 55.9 Å². The van der Waals surface area contributed by atoms with Crippen LogP contribution in [-0.2, 0) is 25.4 Å². The molecule has 8 heteroatoms. The molecular weight excluding hydrogens is 498 g/mol. The molecule has 2 heterocycles. The largest absolute Gasteiger partial charge is 0.509 e. The van der Waals surface area contributed by atoms with Crippen LogP contribution in [0.1, 0.15) is 36.2 Å². The minimum absolute atomic E-state index is 0.204.